The van der Waals surface area contributed by atoms with Crippen molar-refractivity contribution in [2.45, 2.75) is 20.8 Å². The Morgan fingerprint density at radius 3 is 2.10 bits per heavy atom. The highest BCUT2D eigenvalue weighted by Crippen LogP contribution is 2.36. The summed E-state index contributed by atoms with van der Waals surface area (Å²) in [5.74, 6) is -1.36. The van der Waals surface area contributed by atoms with Crippen molar-refractivity contribution in [1.82, 2.24) is 4.98 Å². The number of ether oxygens (including phenoxy) is 4. The van der Waals surface area contributed by atoms with Crippen molar-refractivity contribution in [3.63, 3.8) is 0 Å². The molecule has 0 aliphatic heterocycles. The Morgan fingerprint density at radius 1 is 0.967 bits per heavy atom. The van der Waals surface area contributed by atoms with Crippen LogP contribution in [-0.2, 0) is 28.6 Å². The fraction of sp³-hybridized carbons (Fsp3) is 0.474. The largest absolute Gasteiger partial charge is 0.480 e. The molecule has 1 aromatic carbocycles. The number of thiazole rings is 1. The zero-order valence-corrected chi connectivity index (χ0v) is 18.0. The Bertz CT molecular complexity index is 880. The second kappa shape index (κ2) is 11.2. The number of carbonyl (C=O) groups is 3. The average molecular weight is 439 g/mol. The lowest BCUT2D eigenvalue weighted by Gasteiger charge is -2.25. The molecule has 11 heteroatoms. The highest BCUT2D eigenvalue weighted by atomic mass is 32.1. The molecule has 0 saturated heterocycles. The summed E-state index contributed by atoms with van der Waals surface area (Å²) in [7, 11) is 0. The summed E-state index contributed by atoms with van der Waals surface area (Å²) in [6.45, 7) is 4.89. The van der Waals surface area contributed by atoms with Crippen LogP contribution in [0.25, 0.3) is 10.2 Å². The molecule has 30 heavy (non-hydrogen) atoms. The van der Waals surface area contributed by atoms with Gasteiger partial charge >= 0.3 is 17.9 Å². The van der Waals surface area contributed by atoms with Crippen LogP contribution in [0, 0.1) is 0 Å². The maximum Gasteiger partial charge on any atom is 0.344 e. The highest BCUT2D eigenvalue weighted by molar-refractivity contribution is 7.22. The van der Waals surface area contributed by atoms with Gasteiger partial charge in [-0.15, -0.1) is 0 Å². The molecular weight excluding hydrogens is 414 g/mol. The molecule has 0 atom stereocenters. The first kappa shape index (κ1) is 23.2. The highest BCUT2D eigenvalue weighted by Gasteiger charge is 2.22. The second-order valence-electron chi connectivity index (χ2n) is 5.90. The second-order valence-corrected chi connectivity index (χ2v) is 6.96. The molecule has 0 saturated carbocycles. The maximum absolute atomic E-state index is 12.1. The number of esters is 3. The van der Waals surface area contributed by atoms with Crippen LogP contribution in [0.3, 0.4) is 0 Å². The van der Waals surface area contributed by atoms with Crippen molar-refractivity contribution in [1.29, 1.82) is 0 Å². The van der Waals surface area contributed by atoms with Crippen LogP contribution in [0.5, 0.6) is 5.75 Å². The predicted octanol–water partition coefficient (Wildman–Crippen LogP) is 1.75. The van der Waals surface area contributed by atoms with E-state index in [1.807, 2.05) is 0 Å². The van der Waals surface area contributed by atoms with E-state index in [2.05, 4.69) is 4.98 Å². The standard InChI is InChI=1S/C19H25N3O7S/c1-4-26-16(23)9-22(10-17(24)27-5-2)13-8-15-12(21-19(20)30-15)7-14(13)29-11-18(25)28-6-3/h7-8H,4-6,9-11H2,1-3H3,(H2,20,21). The van der Waals surface area contributed by atoms with Gasteiger partial charge < -0.3 is 29.6 Å². The van der Waals surface area contributed by atoms with Crippen LogP contribution >= 0.6 is 11.3 Å². The number of hydrogen-bond donors (Lipinski definition) is 1. The van der Waals surface area contributed by atoms with Gasteiger partial charge in [0.25, 0.3) is 0 Å². The Hall–Kier alpha value is -3.08. The minimum atomic E-state index is -0.552. The maximum atomic E-state index is 12.1. The van der Waals surface area contributed by atoms with E-state index in [0.717, 1.165) is 4.70 Å². The van der Waals surface area contributed by atoms with Crippen molar-refractivity contribution in [3.8, 4) is 5.75 Å². The number of carbonyl (C=O) groups excluding carboxylic acids is 3. The lowest BCUT2D eigenvalue weighted by atomic mass is 10.2. The first-order chi connectivity index (χ1) is 14.4. The van der Waals surface area contributed by atoms with Gasteiger partial charge in [0, 0.05) is 6.07 Å². The summed E-state index contributed by atoms with van der Waals surface area (Å²) in [6, 6.07) is 3.29. The van der Waals surface area contributed by atoms with Crippen LogP contribution in [-0.4, -0.2) is 62.4 Å². The molecule has 0 fully saturated rings. The Labute approximate surface area is 177 Å². The minimum Gasteiger partial charge on any atom is -0.480 e. The molecule has 0 unspecified atom stereocenters. The van der Waals surface area contributed by atoms with Crippen LogP contribution in [0.1, 0.15) is 20.8 Å². The van der Waals surface area contributed by atoms with Gasteiger partial charge in [0.05, 0.1) is 35.7 Å². The Balaban J connectivity index is 2.43. The van der Waals surface area contributed by atoms with Gasteiger partial charge in [-0.1, -0.05) is 11.3 Å². The summed E-state index contributed by atoms with van der Waals surface area (Å²) >= 11 is 1.24. The van der Waals surface area contributed by atoms with Crippen molar-refractivity contribution in [2.75, 3.05) is 50.2 Å². The summed E-state index contributed by atoms with van der Waals surface area (Å²) in [5, 5.41) is 0.348. The number of rotatable bonds is 11. The number of hydrogen-bond acceptors (Lipinski definition) is 11. The third kappa shape index (κ3) is 6.48. The molecule has 0 amide bonds. The van der Waals surface area contributed by atoms with Crippen molar-refractivity contribution < 1.29 is 33.3 Å². The van der Waals surface area contributed by atoms with Gasteiger partial charge in [-0.25, -0.2) is 9.78 Å². The van der Waals surface area contributed by atoms with Crippen molar-refractivity contribution in [3.05, 3.63) is 12.1 Å². The smallest absolute Gasteiger partial charge is 0.344 e. The van der Waals surface area contributed by atoms with Crippen molar-refractivity contribution >= 4 is 50.3 Å². The fourth-order valence-corrected chi connectivity index (χ4v) is 3.36. The van der Waals surface area contributed by atoms with E-state index in [4.69, 9.17) is 24.7 Å². The van der Waals surface area contributed by atoms with Crippen LogP contribution in [0.4, 0.5) is 10.8 Å². The molecule has 164 valence electrons. The van der Waals surface area contributed by atoms with Gasteiger partial charge in [-0.2, -0.15) is 0 Å². The molecule has 0 spiro atoms. The Kier molecular flexibility index (Phi) is 8.66. The normalized spacial score (nSPS) is 10.5. The van der Waals surface area contributed by atoms with E-state index in [1.165, 1.54) is 16.2 Å². The van der Waals surface area contributed by atoms with Crippen LogP contribution < -0.4 is 15.4 Å². The number of fused-ring (bicyclic) bond motifs is 1. The van der Waals surface area contributed by atoms with E-state index in [1.54, 1.807) is 32.9 Å². The Morgan fingerprint density at radius 2 is 1.53 bits per heavy atom. The number of nitrogens with zero attached hydrogens (tertiary/aromatic N) is 2. The van der Waals surface area contributed by atoms with Crippen molar-refractivity contribution in [2.24, 2.45) is 0 Å². The fourth-order valence-electron chi connectivity index (χ4n) is 2.62. The first-order valence-electron chi connectivity index (χ1n) is 9.42. The summed E-state index contributed by atoms with van der Waals surface area (Å²) in [6.07, 6.45) is 0. The topological polar surface area (TPSA) is 130 Å². The van der Waals surface area contributed by atoms with Gasteiger partial charge in [0.1, 0.15) is 18.8 Å². The molecule has 2 N–H and O–H groups in total. The van der Waals surface area contributed by atoms with Crippen LogP contribution in [0.15, 0.2) is 12.1 Å². The SMILES string of the molecule is CCOC(=O)COc1cc2nc(N)sc2cc1N(CC(=O)OCC)CC(=O)OCC. The third-order valence-electron chi connectivity index (χ3n) is 3.73. The number of anilines is 2. The number of nitrogens with two attached hydrogens (primary N) is 1. The van der Waals surface area contributed by atoms with E-state index in [-0.39, 0.29) is 45.3 Å². The number of benzene rings is 1. The zero-order valence-electron chi connectivity index (χ0n) is 17.1. The lowest BCUT2D eigenvalue weighted by molar-refractivity contribution is -0.146. The number of aromatic nitrogens is 1. The van der Waals surface area contributed by atoms with E-state index in [9.17, 15) is 14.4 Å². The molecule has 0 bridgehead atoms. The molecule has 0 aliphatic rings. The molecule has 0 radical (unpaired) electrons. The third-order valence-corrected chi connectivity index (χ3v) is 4.58. The summed E-state index contributed by atoms with van der Waals surface area (Å²) in [4.78, 5) is 41.7. The van der Waals surface area contributed by atoms with Crippen LogP contribution in [0.2, 0.25) is 0 Å². The van der Waals surface area contributed by atoms with E-state index in [0.29, 0.717) is 16.3 Å². The molecule has 10 nitrogen and oxygen atoms in total. The molecule has 0 aliphatic carbocycles. The van der Waals surface area contributed by atoms with E-state index >= 15 is 0 Å². The number of nitrogen functional groups attached to an aromatic ring is 1. The van der Waals surface area contributed by atoms with E-state index < -0.39 is 17.9 Å². The van der Waals surface area contributed by atoms with Gasteiger partial charge in [-0.3, -0.25) is 9.59 Å². The monoisotopic (exact) mass is 439 g/mol. The molecular formula is C19H25N3O7S. The molecule has 2 aromatic rings. The van der Waals surface area contributed by atoms with Gasteiger partial charge in [0.2, 0.25) is 0 Å². The average Bonchev–Trinajstić information content (AvgIpc) is 3.04. The summed E-state index contributed by atoms with van der Waals surface area (Å²) in [5.41, 5.74) is 6.76. The minimum absolute atomic E-state index is 0.197. The quantitative estimate of drug-likeness (QED) is 0.408. The predicted molar refractivity (Wildman–Crippen MR) is 112 cm³/mol. The molecule has 1 heterocycles. The summed E-state index contributed by atoms with van der Waals surface area (Å²) < 4.78 is 21.3. The first-order valence-corrected chi connectivity index (χ1v) is 10.2. The molecule has 1 aromatic heterocycles. The van der Waals surface area contributed by atoms with Gasteiger partial charge in [0.15, 0.2) is 11.7 Å². The zero-order chi connectivity index (χ0) is 22.1. The lowest BCUT2D eigenvalue weighted by Crippen LogP contribution is -2.36. The molecule has 2 rings (SSSR count). The van der Waals surface area contributed by atoms with Gasteiger partial charge in [-0.05, 0) is 26.8 Å².